The van der Waals surface area contributed by atoms with E-state index < -0.39 is 11.5 Å². The molecule has 4 rings (SSSR count). The quantitative estimate of drug-likeness (QED) is 0.541. The normalized spacial score (nSPS) is 10.7. The molecule has 0 aliphatic rings. The third kappa shape index (κ3) is 3.98. The van der Waals surface area contributed by atoms with Gasteiger partial charge in [-0.1, -0.05) is 30.3 Å². The fourth-order valence-corrected chi connectivity index (χ4v) is 2.75. The summed E-state index contributed by atoms with van der Waals surface area (Å²) in [5.41, 5.74) is 1.78. The maximum absolute atomic E-state index is 13.8. The monoisotopic (exact) mass is 393 g/mol. The third-order valence-electron chi connectivity index (χ3n) is 4.20. The van der Waals surface area contributed by atoms with Crippen LogP contribution in [0.15, 0.2) is 65.5 Å². The van der Waals surface area contributed by atoms with Crippen molar-refractivity contribution >= 4 is 0 Å². The van der Waals surface area contributed by atoms with Crippen molar-refractivity contribution in [2.45, 2.75) is 13.5 Å². The van der Waals surface area contributed by atoms with Gasteiger partial charge in [0.25, 0.3) is 0 Å². The number of halogens is 1. The summed E-state index contributed by atoms with van der Waals surface area (Å²) in [5, 5.41) is 9.57. The minimum atomic E-state index is -0.483. The molecule has 0 saturated heterocycles. The van der Waals surface area contributed by atoms with E-state index in [1.165, 1.54) is 12.1 Å². The number of ether oxygens (including phenoxy) is 2. The first-order chi connectivity index (χ1) is 14.1. The molecule has 0 bridgehead atoms. The largest absolute Gasteiger partial charge is 0.473 e. The molecule has 0 aliphatic carbocycles. The summed E-state index contributed by atoms with van der Waals surface area (Å²) < 4.78 is 26.2. The SMILES string of the molecule is Cc1cccc(-n2nn[nH]c2=O)c1COc1cccc(Oc2ccccc2F)n1. The van der Waals surface area contributed by atoms with Crippen LogP contribution in [0.4, 0.5) is 4.39 Å². The van der Waals surface area contributed by atoms with Crippen LogP contribution in [0.5, 0.6) is 17.5 Å². The Labute approximate surface area is 164 Å². The van der Waals surface area contributed by atoms with Gasteiger partial charge in [-0.15, -0.1) is 0 Å². The van der Waals surface area contributed by atoms with Crippen molar-refractivity contribution in [3.8, 4) is 23.2 Å². The second-order valence-electron chi connectivity index (χ2n) is 6.13. The molecule has 9 heteroatoms. The fourth-order valence-electron chi connectivity index (χ4n) is 2.75. The number of benzene rings is 2. The highest BCUT2D eigenvalue weighted by atomic mass is 19.1. The third-order valence-corrected chi connectivity index (χ3v) is 4.20. The fraction of sp³-hybridized carbons (Fsp3) is 0.100. The van der Waals surface area contributed by atoms with Gasteiger partial charge in [0.2, 0.25) is 11.8 Å². The Morgan fingerprint density at radius 1 is 1.03 bits per heavy atom. The number of tetrazole rings is 1. The summed E-state index contributed by atoms with van der Waals surface area (Å²) in [5.74, 6) is 0.0813. The maximum atomic E-state index is 13.8. The van der Waals surface area contributed by atoms with E-state index in [1.807, 2.05) is 19.1 Å². The highest BCUT2D eigenvalue weighted by Crippen LogP contribution is 2.25. The molecule has 146 valence electrons. The Bertz CT molecular complexity index is 1200. The van der Waals surface area contributed by atoms with Gasteiger partial charge in [0, 0.05) is 17.7 Å². The summed E-state index contributed by atoms with van der Waals surface area (Å²) in [7, 11) is 0. The van der Waals surface area contributed by atoms with Crippen molar-refractivity contribution < 1.29 is 13.9 Å². The lowest BCUT2D eigenvalue weighted by Crippen LogP contribution is -2.18. The molecule has 0 saturated carbocycles. The van der Waals surface area contributed by atoms with E-state index >= 15 is 0 Å². The summed E-state index contributed by atoms with van der Waals surface area (Å²) in [4.78, 5) is 16.1. The number of pyridine rings is 1. The maximum Gasteiger partial charge on any atom is 0.365 e. The number of hydrogen-bond acceptors (Lipinski definition) is 6. The first-order valence-corrected chi connectivity index (χ1v) is 8.73. The van der Waals surface area contributed by atoms with Crippen molar-refractivity contribution in [2.75, 3.05) is 0 Å². The zero-order valence-corrected chi connectivity index (χ0v) is 15.4. The van der Waals surface area contributed by atoms with E-state index in [0.717, 1.165) is 15.8 Å². The van der Waals surface area contributed by atoms with Crippen molar-refractivity contribution in [1.82, 2.24) is 25.2 Å². The smallest absolute Gasteiger partial charge is 0.365 e. The second-order valence-corrected chi connectivity index (χ2v) is 6.13. The molecule has 0 amide bonds. The predicted octanol–water partition coefficient (Wildman–Crippen LogP) is 3.17. The highest BCUT2D eigenvalue weighted by Gasteiger charge is 2.13. The molecule has 2 aromatic carbocycles. The first kappa shape index (κ1) is 18.4. The van der Waals surface area contributed by atoms with Gasteiger partial charge in [-0.3, -0.25) is 0 Å². The van der Waals surface area contributed by atoms with Gasteiger partial charge >= 0.3 is 5.69 Å². The van der Waals surface area contributed by atoms with Crippen LogP contribution in [-0.2, 0) is 6.61 Å². The molecule has 0 atom stereocenters. The highest BCUT2D eigenvalue weighted by molar-refractivity contribution is 5.44. The summed E-state index contributed by atoms with van der Waals surface area (Å²) in [6.45, 7) is 2.04. The predicted molar refractivity (Wildman–Crippen MR) is 102 cm³/mol. The van der Waals surface area contributed by atoms with Crippen LogP contribution in [0.1, 0.15) is 11.1 Å². The second kappa shape index (κ2) is 7.93. The average Bonchev–Trinajstić information content (AvgIpc) is 3.15. The molecular formula is C20H16FN5O3. The van der Waals surface area contributed by atoms with Crippen LogP contribution in [0.25, 0.3) is 5.69 Å². The molecule has 29 heavy (non-hydrogen) atoms. The zero-order valence-electron chi connectivity index (χ0n) is 15.4. The first-order valence-electron chi connectivity index (χ1n) is 8.73. The van der Waals surface area contributed by atoms with Gasteiger partial charge in [-0.05, 0) is 41.1 Å². The van der Waals surface area contributed by atoms with Crippen LogP contribution < -0.4 is 15.2 Å². The lowest BCUT2D eigenvalue weighted by Gasteiger charge is -2.13. The van der Waals surface area contributed by atoms with Crippen molar-refractivity contribution in [3.05, 3.63) is 88.1 Å². The van der Waals surface area contributed by atoms with E-state index in [4.69, 9.17) is 9.47 Å². The van der Waals surface area contributed by atoms with E-state index in [-0.39, 0.29) is 18.2 Å². The molecule has 2 heterocycles. The summed E-state index contributed by atoms with van der Waals surface area (Å²) >= 11 is 0. The van der Waals surface area contributed by atoms with E-state index in [9.17, 15) is 9.18 Å². The average molecular weight is 393 g/mol. The number of rotatable bonds is 6. The topological polar surface area (TPSA) is 94.9 Å². The molecule has 8 nitrogen and oxygen atoms in total. The van der Waals surface area contributed by atoms with E-state index in [1.54, 1.807) is 36.4 Å². The van der Waals surface area contributed by atoms with Gasteiger partial charge in [-0.25, -0.2) is 14.3 Å². The van der Waals surface area contributed by atoms with Crippen molar-refractivity contribution in [2.24, 2.45) is 0 Å². The molecule has 0 fully saturated rings. The van der Waals surface area contributed by atoms with Gasteiger partial charge < -0.3 is 9.47 Å². The van der Waals surface area contributed by atoms with Crippen LogP contribution in [0.3, 0.4) is 0 Å². The van der Waals surface area contributed by atoms with E-state index in [0.29, 0.717) is 11.6 Å². The molecule has 1 N–H and O–H groups in total. The Morgan fingerprint density at radius 3 is 2.62 bits per heavy atom. The Kier molecular flexibility index (Phi) is 5.02. The molecule has 2 aromatic heterocycles. The van der Waals surface area contributed by atoms with Crippen LogP contribution in [-0.4, -0.2) is 25.2 Å². The molecule has 0 spiro atoms. The molecule has 0 unspecified atom stereocenters. The van der Waals surface area contributed by atoms with Crippen LogP contribution in [0, 0.1) is 12.7 Å². The Hall–Kier alpha value is -4.01. The standard InChI is InChI=1S/C20H16FN5O3/c1-13-6-4-8-16(26-20(27)23-24-25-26)14(13)12-28-18-10-5-11-19(22-18)29-17-9-3-2-7-15(17)21/h2-11H,12H2,1H3,(H,23,25,27). The number of nitrogens with zero attached hydrogens (tertiary/aromatic N) is 4. The van der Waals surface area contributed by atoms with Gasteiger partial charge in [-0.2, -0.15) is 9.67 Å². The lowest BCUT2D eigenvalue weighted by molar-refractivity contribution is 0.288. The summed E-state index contributed by atoms with van der Waals surface area (Å²) in [6.07, 6.45) is 0. The zero-order chi connectivity index (χ0) is 20.2. The number of H-pyrrole nitrogens is 1. The van der Waals surface area contributed by atoms with Crippen molar-refractivity contribution in [1.29, 1.82) is 0 Å². The number of aryl methyl sites for hydroxylation is 1. The number of hydrogen-bond donors (Lipinski definition) is 1. The Morgan fingerprint density at radius 2 is 1.83 bits per heavy atom. The number of nitrogens with one attached hydrogen (secondary N) is 1. The minimum absolute atomic E-state index is 0.0729. The lowest BCUT2D eigenvalue weighted by atomic mass is 10.1. The molecular weight excluding hydrogens is 377 g/mol. The van der Waals surface area contributed by atoms with Crippen molar-refractivity contribution in [3.63, 3.8) is 0 Å². The Balaban J connectivity index is 1.56. The van der Waals surface area contributed by atoms with Gasteiger partial charge in [0.1, 0.15) is 6.61 Å². The van der Waals surface area contributed by atoms with Crippen LogP contribution >= 0.6 is 0 Å². The van der Waals surface area contributed by atoms with Gasteiger partial charge in [0.05, 0.1) is 5.69 Å². The number of aromatic nitrogens is 5. The molecule has 4 aromatic rings. The number of para-hydroxylation sites is 1. The van der Waals surface area contributed by atoms with Gasteiger partial charge in [0.15, 0.2) is 11.6 Å². The molecule has 0 aliphatic heterocycles. The summed E-state index contributed by atoms with van der Waals surface area (Å²) in [6, 6.07) is 16.5. The van der Waals surface area contributed by atoms with E-state index in [2.05, 4.69) is 20.5 Å². The number of aromatic amines is 1. The molecule has 0 radical (unpaired) electrons. The van der Waals surface area contributed by atoms with Crippen LogP contribution in [0.2, 0.25) is 0 Å². The minimum Gasteiger partial charge on any atom is -0.473 e.